The van der Waals surface area contributed by atoms with E-state index in [1.807, 2.05) is 27.1 Å². The molecule has 0 saturated heterocycles. The molecule has 1 N–H and O–H groups in total. The van der Waals surface area contributed by atoms with Crippen molar-refractivity contribution in [2.75, 3.05) is 13.6 Å². The minimum atomic E-state index is 0.185. The number of aromatic nitrogens is 2. The Kier molecular flexibility index (Phi) is 4.15. The molecule has 0 aliphatic carbocycles. The Hall–Kier alpha value is -1.03. The standard InChI is InChI=1S/C11H21N3O/c1-8(2)10(7-12-4)15-11-6-9(3)13-14(11)5/h6,8,10,12H,7H2,1-5H3. The number of rotatable bonds is 5. The van der Waals surface area contributed by atoms with Crippen molar-refractivity contribution in [3.63, 3.8) is 0 Å². The molecule has 0 aromatic carbocycles. The van der Waals surface area contributed by atoms with Crippen LogP contribution in [-0.4, -0.2) is 29.5 Å². The van der Waals surface area contributed by atoms with Crippen molar-refractivity contribution in [2.45, 2.75) is 26.9 Å². The lowest BCUT2D eigenvalue weighted by Gasteiger charge is -2.21. The summed E-state index contributed by atoms with van der Waals surface area (Å²) < 4.78 is 7.68. The SMILES string of the molecule is CNCC(Oc1cc(C)nn1C)C(C)C. The van der Waals surface area contributed by atoms with Crippen molar-refractivity contribution >= 4 is 0 Å². The van der Waals surface area contributed by atoms with Gasteiger partial charge in [-0.15, -0.1) is 0 Å². The fourth-order valence-electron chi connectivity index (χ4n) is 1.47. The predicted octanol–water partition coefficient (Wildman–Crippen LogP) is 1.35. The summed E-state index contributed by atoms with van der Waals surface area (Å²) in [4.78, 5) is 0. The monoisotopic (exact) mass is 211 g/mol. The molecule has 0 aliphatic rings. The Morgan fingerprint density at radius 2 is 2.20 bits per heavy atom. The highest BCUT2D eigenvalue weighted by Gasteiger charge is 2.16. The molecule has 1 aromatic heterocycles. The van der Waals surface area contributed by atoms with Gasteiger partial charge in [-0.2, -0.15) is 5.10 Å². The van der Waals surface area contributed by atoms with E-state index in [9.17, 15) is 0 Å². The molecule has 0 spiro atoms. The Morgan fingerprint density at radius 3 is 2.60 bits per heavy atom. The number of hydrogen-bond acceptors (Lipinski definition) is 3. The lowest BCUT2D eigenvalue weighted by Crippen LogP contribution is -2.34. The van der Waals surface area contributed by atoms with Crippen LogP contribution in [0.3, 0.4) is 0 Å². The Bertz CT molecular complexity index is 307. The first-order chi connectivity index (χ1) is 7.04. The average molecular weight is 211 g/mol. The van der Waals surface area contributed by atoms with Gasteiger partial charge < -0.3 is 10.1 Å². The number of nitrogens with one attached hydrogen (secondary N) is 1. The molecule has 86 valence electrons. The summed E-state index contributed by atoms with van der Waals surface area (Å²) in [5.41, 5.74) is 0.986. The molecule has 4 heteroatoms. The minimum Gasteiger partial charge on any atom is -0.473 e. The van der Waals surface area contributed by atoms with E-state index in [1.54, 1.807) is 4.68 Å². The van der Waals surface area contributed by atoms with E-state index in [-0.39, 0.29) is 6.10 Å². The molecule has 15 heavy (non-hydrogen) atoms. The van der Waals surface area contributed by atoms with Gasteiger partial charge in [-0.1, -0.05) is 13.8 Å². The van der Waals surface area contributed by atoms with Gasteiger partial charge in [0, 0.05) is 19.7 Å². The Labute approximate surface area is 91.6 Å². The highest BCUT2D eigenvalue weighted by molar-refractivity contribution is 5.14. The van der Waals surface area contributed by atoms with E-state index in [0.29, 0.717) is 5.92 Å². The van der Waals surface area contributed by atoms with Crippen molar-refractivity contribution in [2.24, 2.45) is 13.0 Å². The largest absolute Gasteiger partial charge is 0.473 e. The van der Waals surface area contributed by atoms with Crippen molar-refractivity contribution < 1.29 is 4.74 Å². The molecule has 4 nitrogen and oxygen atoms in total. The topological polar surface area (TPSA) is 39.1 Å². The maximum atomic E-state index is 5.91. The van der Waals surface area contributed by atoms with E-state index < -0.39 is 0 Å². The fraction of sp³-hybridized carbons (Fsp3) is 0.727. The molecule has 0 aliphatic heterocycles. The number of nitrogens with zero attached hydrogens (tertiary/aromatic N) is 2. The minimum absolute atomic E-state index is 0.185. The van der Waals surface area contributed by atoms with E-state index in [4.69, 9.17) is 4.74 Å². The first-order valence-corrected chi connectivity index (χ1v) is 5.36. The van der Waals surface area contributed by atoms with Gasteiger partial charge in [0.1, 0.15) is 6.10 Å². The van der Waals surface area contributed by atoms with Crippen molar-refractivity contribution in [1.29, 1.82) is 0 Å². The van der Waals surface area contributed by atoms with Crippen LogP contribution in [-0.2, 0) is 7.05 Å². The smallest absolute Gasteiger partial charge is 0.212 e. The van der Waals surface area contributed by atoms with Crippen molar-refractivity contribution in [3.05, 3.63) is 11.8 Å². The highest BCUT2D eigenvalue weighted by Crippen LogP contribution is 2.16. The number of hydrogen-bond donors (Lipinski definition) is 1. The van der Waals surface area contributed by atoms with Gasteiger partial charge in [-0.3, -0.25) is 0 Å². The Morgan fingerprint density at radius 1 is 1.53 bits per heavy atom. The van der Waals surface area contributed by atoms with Crippen LogP contribution in [0.15, 0.2) is 6.07 Å². The maximum absolute atomic E-state index is 5.91. The first-order valence-electron chi connectivity index (χ1n) is 5.36. The van der Waals surface area contributed by atoms with Crippen molar-refractivity contribution in [3.8, 4) is 5.88 Å². The van der Waals surface area contributed by atoms with Crippen LogP contribution >= 0.6 is 0 Å². The second kappa shape index (κ2) is 5.16. The second-order valence-electron chi connectivity index (χ2n) is 4.21. The normalized spacial score (nSPS) is 13.2. The summed E-state index contributed by atoms with van der Waals surface area (Å²) in [6, 6.07) is 1.96. The van der Waals surface area contributed by atoms with Crippen LogP contribution in [0.2, 0.25) is 0 Å². The summed E-state index contributed by atoms with van der Waals surface area (Å²) in [5.74, 6) is 1.31. The van der Waals surface area contributed by atoms with E-state index in [2.05, 4.69) is 24.3 Å². The number of likely N-dealkylation sites (N-methyl/N-ethyl adjacent to an activating group) is 1. The third-order valence-electron chi connectivity index (χ3n) is 2.38. The van der Waals surface area contributed by atoms with Gasteiger partial charge in [0.15, 0.2) is 0 Å². The first kappa shape index (κ1) is 12.0. The molecule has 0 bridgehead atoms. The van der Waals surface area contributed by atoms with Gasteiger partial charge in [-0.25, -0.2) is 4.68 Å². The van der Waals surface area contributed by atoms with Crippen LogP contribution in [0.25, 0.3) is 0 Å². The quantitative estimate of drug-likeness (QED) is 0.799. The fourth-order valence-corrected chi connectivity index (χ4v) is 1.47. The van der Waals surface area contributed by atoms with Crippen LogP contribution < -0.4 is 10.1 Å². The molecule has 1 aromatic rings. The zero-order valence-corrected chi connectivity index (χ0v) is 10.2. The molecule has 0 radical (unpaired) electrons. The van der Waals surface area contributed by atoms with Crippen LogP contribution in [0.5, 0.6) is 5.88 Å². The van der Waals surface area contributed by atoms with Crippen LogP contribution in [0.4, 0.5) is 0 Å². The van der Waals surface area contributed by atoms with E-state index in [1.165, 1.54) is 0 Å². The molecule has 1 unspecified atom stereocenters. The van der Waals surface area contributed by atoms with E-state index in [0.717, 1.165) is 18.1 Å². The molecule has 1 rings (SSSR count). The zero-order chi connectivity index (χ0) is 11.4. The summed E-state index contributed by atoms with van der Waals surface area (Å²) in [5, 5.41) is 7.40. The zero-order valence-electron chi connectivity index (χ0n) is 10.2. The number of aryl methyl sites for hydroxylation is 2. The summed E-state index contributed by atoms with van der Waals surface area (Å²) >= 11 is 0. The molecular weight excluding hydrogens is 190 g/mol. The summed E-state index contributed by atoms with van der Waals surface area (Å²) in [6.45, 7) is 7.13. The van der Waals surface area contributed by atoms with Gasteiger partial charge in [-0.05, 0) is 19.9 Å². The molecule has 0 saturated carbocycles. The molecule has 1 atom stereocenters. The maximum Gasteiger partial charge on any atom is 0.212 e. The summed E-state index contributed by atoms with van der Waals surface area (Å²) in [7, 11) is 3.84. The lowest BCUT2D eigenvalue weighted by molar-refractivity contribution is 0.138. The summed E-state index contributed by atoms with van der Waals surface area (Å²) in [6.07, 6.45) is 0.185. The van der Waals surface area contributed by atoms with Gasteiger partial charge in [0.2, 0.25) is 5.88 Å². The Balaban J connectivity index is 2.69. The molecule has 0 fully saturated rings. The van der Waals surface area contributed by atoms with Gasteiger partial charge in [0.05, 0.1) is 5.69 Å². The lowest BCUT2D eigenvalue weighted by atomic mass is 10.1. The van der Waals surface area contributed by atoms with Gasteiger partial charge in [0.25, 0.3) is 0 Å². The van der Waals surface area contributed by atoms with Gasteiger partial charge >= 0.3 is 0 Å². The average Bonchev–Trinajstić information content (AvgIpc) is 2.44. The molecule has 0 amide bonds. The molecule has 1 heterocycles. The number of ether oxygens (including phenoxy) is 1. The third-order valence-corrected chi connectivity index (χ3v) is 2.38. The predicted molar refractivity (Wildman–Crippen MR) is 61.1 cm³/mol. The van der Waals surface area contributed by atoms with Crippen LogP contribution in [0.1, 0.15) is 19.5 Å². The van der Waals surface area contributed by atoms with Crippen LogP contribution in [0, 0.1) is 12.8 Å². The van der Waals surface area contributed by atoms with Crippen molar-refractivity contribution in [1.82, 2.24) is 15.1 Å². The highest BCUT2D eigenvalue weighted by atomic mass is 16.5. The third kappa shape index (κ3) is 3.23. The van der Waals surface area contributed by atoms with E-state index >= 15 is 0 Å². The molecular formula is C11H21N3O. The second-order valence-corrected chi connectivity index (χ2v) is 4.21.